The first-order chi connectivity index (χ1) is 10.5. The summed E-state index contributed by atoms with van der Waals surface area (Å²) in [6.45, 7) is 0.554. The Morgan fingerprint density at radius 2 is 2.18 bits per heavy atom. The van der Waals surface area contributed by atoms with E-state index in [0.717, 1.165) is 11.8 Å². The fraction of sp³-hybridized carbons (Fsp3) is 0.400. The van der Waals surface area contributed by atoms with E-state index in [9.17, 15) is 13.2 Å². The minimum atomic E-state index is -3.26. The van der Waals surface area contributed by atoms with Crippen LogP contribution in [0.25, 0.3) is 0 Å². The molecular weight excluding hydrogens is 326 g/mol. The van der Waals surface area contributed by atoms with Crippen LogP contribution in [-0.2, 0) is 19.4 Å². The number of hydrogen-bond donors (Lipinski definition) is 0. The highest BCUT2D eigenvalue weighted by Crippen LogP contribution is 2.28. The van der Waals surface area contributed by atoms with E-state index in [-0.39, 0.29) is 11.7 Å². The van der Waals surface area contributed by atoms with Crippen molar-refractivity contribution in [3.8, 4) is 0 Å². The molecule has 0 spiro atoms. The van der Waals surface area contributed by atoms with Crippen molar-refractivity contribution in [2.45, 2.75) is 25.0 Å². The van der Waals surface area contributed by atoms with Gasteiger partial charge in [0.1, 0.15) is 6.10 Å². The molecule has 1 saturated heterocycles. The maximum atomic E-state index is 12.8. The molecule has 2 aliphatic rings. The number of sulfone groups is 1. The van der Waals surface area contributed by atoms with Gasteiger partial charge in [0, 0.05) is 22.7 Å². The molecule has 0 N–H and O–H groups in total. The first-order valence-electron chi connectivity index (χ1n) is 7.07. The maximum Gasteiger partial charge on any atom is 0.256 e. The number of carbonyl (C=O) groups is 1. The highest BCUT2D eigenvalue weighted by atomic mass is 35.5. The molecule has 3 rings (SSSR count). The van der Waals surface area contributed by atoms with Crippen LogP contribution in [0.15, 0.2) is 35.7 Å². The van der Waals surface area contributed by atoms with Gasteiger partial charge in [-0.3, -0.25) is 4.79 Å². The Bertz CT molecular complexity index is 710. The Morgan fingerprint density at radius 3 is 2.77 bits per heavy atom. The van der Waals surface area contributed by atoms with Gasteiger partial charge in [0.2, 0.25) is 0 Å². The molecule has 7 heteroatoms. The zero-order valence-corrected chi connectivity index (χ0v) is 13.4. The quantitative estimate of drug-likeness (QED) is 0.845. The molecule has 0 radical (unpaired) electrons. The average molecular weight is 342 g/mol. The summed E-state index contributed by atoms with van der Waals surface area (Å²) in [6, 6.07) is 6.33. The Kier molecular flexibility index (Phi) is 4.25. The van der Waals surface area contributed by atoms with E-state index in [1.165, 1.54) is 4.90 Å². The molecular formula is C15H16ClNO4S. The third-order valence-electron chi connectivity index (χ3n) is 3.77. The Hall–Kier alpha value is -1.37. The van der Waals surface area contributed by atoms with Gasteiger partial charge in [-0.2, -0.15) is 0 Å². The number of ether oxygens (including phenoxy) is 1. The maximum absolute atomic E-state index is 12.8. The van der Waals surface area contributed by atoms with Crippen LogP contribution in [-0.4, -0.2) is 38.8 Å². The average Bonchev–Trinajstić information content (AvgIpc) is 3.09. The molecule has 0 aromatic heterocycles. The molecule has 1 amide bonds. The second kappa shape index (κ2) is 6.02. The molecule has 118 valence electrons. The van der Waals surface area contributed by atoms with Gasteiger partial charge in [-0.25, -0.2) is 8.42 Å². The summed E-state index contributed by atoms with van der Waals surface area (Å²) in [5.74, 6) is -0.329. The number of halogens is 1. The molecule has 5 nitrogen and oxygen atoms in total. The van der Waals surface area contributed by atoms with Gasteiger partial charge in [-0.15, -0.1) is 0 Å². The summed E-state index contributed by atoms with van der Waals surface area (Å²) in [5, 5.41) is 1.66. The van der Waals surface area contributed by atoms with Gasteiger partial charge in [0.15, 0.2) is 9.84 Å². The SMILES string of the molecule is O=C([C@@H]1CCCO1)N(c1cccc(Cl)c1)[C@H]1C=CS(=O)(=O)C1. The zero-order chi connectivity index (χ0) is 15.7. The van der Waals surface area contributed by atoms with Gasteiger partial charge in [0.05, 0.1) is 11.8 Å². The van der Waals surface area contributed by atoms with Crippen molar-refractivity contribution in [3.05, 3.63) is 40.8 Å². The van der Waals surface area contributed by atoms with E-state index in [2.05, 4.69) is 0 Å². The fourth-order valence-corrected chi connectivity index (χ4v) is 4.21. The molecule has 0 bridgehead atoms. The first-order valence-corrected chi connectivity index (χ1v) is 9.17. The summed E-state index contributed by atoms with van der Waals surface area (Å²) in [4.78, 5) is 14.3. The summed E-state index contributed by atoms with van der Waals surface area (Å²) >= 11 is 6.01. The molecule has 1 aromatic rings. The lowest BCUT2D eigenvalue weighted by atomic mass is 10.1. The van der Waals surface area contributed by atoms with Gasteiger partial charge >= 0.3 is 0 Å². The molecule has 22 heavy (non-hydrogen) atoms. The molecule has 2 heterocycles. The number of hydrogen-bond acceptors (Lipinski definition) is 4. The fourth-order valence-electron chi connectivity index (χ4n) is 2.76. The van der Waals surface area contributed by atoms with Crippen molar-refractivity contribution in [2.75, 3.05) is 17.3 Å². The smallest absolute Gasteiger partial charge is 0.256 e. The molecule has 2 aliphatic heterocycles. The van der Waals surface area contributed by atoms with Crippen LogP contribution < -0.4 is 4.90 Å². The van der Waals surface area contributed by atoms with Crippen molar-refractivity contribution >= 4 is 33.0 Å². The monoisotopic (exact) mass is 341 g/mol. The molecule has 0 saturated carbocycles. The standard InChI is InChI=1S/C15H16ClNO4S/c16-11-3-1-4-12(9-11)17(13-6-8-22(19,20)10-13)15(18)14-5-2-7-21-14/h1,3-4,6,8-9,13-14H,2,5,7,10H2/t13-,14-/m0/s1. The van der Waals surface area contributed by atoms with E-state index in [1.54, 1.807) is 30.3 Å². The minimum absolute atomic E-state index is 0.113. The Labute approximate surface area is 134 Å². The lowest BCUT2D eigenvalue weighted by Crippen LogP contribution is -2.46. The van der Waals surface area contributed by atoms with Crippen LogP contribution in [0.3, 0.4) is 0 Å². The third kappa shape index (κ3) is 3.19. The summed E-state index contributed by atoms with van der Waals surface area (Å²) in [6.07, 6.45) is 2.51. The summed E-state index contributed by atoms with van der Waals surface area (Å²) in [7, 11) is -3.26. The number of nitrogens with zero attached hydrogens (tertiary/aromatic N) is 1. The lowest BCUT2D eigenvalue weighted by molar-refractivity contribution is -0.127. The van der Waals surface area contributed by atoms with E-state index < -0.39 is 22.0 Å². The van der Waals surface area contributed by atoms with Crippen LogP contribution in [0.2, 0.25) is 5.02 Å². The van der Waals surface area contributed by atoms with Crippen LogP contribution in [0.1, 0.15) is 12.8 Å². The predicted octanol–water partition coefficient (Wildman–Crippen LogP) is 2.16. The second-order valence-electron chi connectivity index (χ2n) is 5.42. The number of benzene rings is 1. The highest BCUT2D eigenvalue weighted by molar-refractivity contribution is 7.94. The number of amides is 1. The molecule has 1 aromatic carbocycles. The number of anilines is 1. The second-order valence-corrected chi connectivity index (χ2v) is 7.78. The van der Waals surface area contributed by atoms with Crippen molar-refractivity contribution < 1.29 is 17.9 Å². The first kappa shape index (κ1) is 15.5. The highest BCUT2D eigenvalue weighted by Gasteiger charge is 2.36. The van der Waals surface area contributed by atoms with Crippen molar-refractivity contribution in [3.63, 3.8) is 0 Å². The summed E-state index contributed by atoms with van der Waals surface area (Å²) < 4.78 is 28.9. The van der Waals surface area contributed by atoms with Crippen molar-refractivity contribution in [1.82, 2.24) is 0 Å². The topological polar surface area (TPSA) is 63.7 Å². The van der Waals surface area contributed by atoms with Gasteiger partial charge in [-0.05, 0) is 37.1 Å². The largest absolute Gasteiger partial charge is 0.368 e. The van der Waals surface area contributed by atoms with E-state index in [4.69, 9.17) is 16.3 Å². The normalized spacial score (nSPS) is 26.2. The minimum Gasteiger partial charge on any atom is -0.368 e. The molecule has 1 fully saturated rings. The number of carbonyl (C=O) groups excluding carboxylic acids is 1. The van der Waals surface area contributed by atoms with E-state index in [0.29, 0.717) is 23.7 Å². The molecule has 0 unspecified atom stereocenters. The number of rotatable bonds is 3. The van der Waals surface area contributed by atoms with Crippen LogP contribution in [0.4, 0.5) is 5.69 Å². The van der Waals surface area contributed by atoms with Gasteiger partial charge < -0.3 is 9.64 Å². The lowest BCUT2D eigenvalue weighted by Gasteiger charge is -2.29. The third-order valence-corrected chi connectivity index (χ3v) is 5.38. The zero-order valence-electron chi connectivity index (χ0n) is 11.8. The van der Waals surface area contributed by atoms with Gasteiger partial charge in [0.25, 0.3) is 5.91 Å². The molecule has 0 aliphatic carbocycles. The summed E-state index contributed by atoms with van der Waals surface area (Å²) in [5.41, 5.74) is 0.583. The van der Waals surface area contributed by atoms with E-state index >= 15 is 0 Å². The Balaban J connectivity index is 1.95. The van der Waals surface area contributed by atoms with Crippen LogP contribution in [0, 0.1) is 0 Å². The predicted molar refractivity (Wildman–Crippen MR) is 84.6 cm³/mol. The van der Waals surface area contributed by atoms with Crippen LogP contribution in [0.5, 0.6) is 0 Å². The van der Waals surface area contributed by atoms with Crippen molar-refractivity contribution in [1.29, 1.82) is 0 Å². The van der Waals surface area contributed by atoms with E-state index in [1.807, 2.05) is 0 Å². The van der Waals surface area contributed by atoms with Gasteiger partial charge in [-0.1, -0.05) is 17.7 Å². The van der Waals surface area contributed by atoms with Crippen LogP contribution >= 0.6 is 11.6 Å². The Morgan fingerprint density at radius 1 is 1.36 bits per heavy atom. The van der Waals surface area contributed by atoms with Crippen molar-refractivity contribution in [2.24, 2.45) is 0 Å². The molecule has 2 atom stereocenters.